The van der Waals surface area contributed by atoms with Crippen molar-refractivity contribution in [2.24, 2.45) is 0 Å². The Morgan fingerprint density at radius 3 is 2.67 bits per heavy atom. The number of piperazine rings is 1. The molecular weight excluding hydrogens is 326 g/mol. The summed E-state index contributed by atoms with van der Waals surface area (Å²) >= 11 is 0. The Morgan fingerprint density at radius 2 is 1.96 bits per heavy atom. The Hall–Kier alpha value is -1.89. The van der Waals surface area contributed by atoms with Crippen LogP contribution < -0.4 is 5.32 Å². The zero-order valence-corrected chi connectivity index (χ0v) is 14.7. The smallest absolute Gasteiger partial charge is 0.236 e. The summed E-state index contributed by atoms with van der Waals surface area (Å²) in [5, 5.41) is 7.66. The number of carbonyl (C=O) groups excluding carboxylic acids is 1. The lowest BCUT2D eigenvalue weighted by Gasteiger charge is -2.29. The molecule has 0 saturated carbocycles. The van der Waals surface area contributed by atoms with Crippen LogP contribution in [-0.2, 0) is 11.3 Å². The van der Waals surface area contributed by atoms with Crippen LogP contribution in [0.15, 0.2) is 42.7 Å². The lowest BCUT2D eigenvalue weighted by atomic mass is 10.3. The highest BCUT2D eigenvalue weighted by Crippen LogP contribution is 2.09. The first-order chi connectivity index (χ1) is 11.2. The van der Waals surface area contributed by atoms with Gasteiger partial charge in [0.05, 0.1) is 18.4 Å². The molecule has 1 aliphatic heterocycles. The number of hydrogen-bond acceptors (Lipinski definition) is 4. The summed E-state index contributed by atoms with van der Waals surface area (Å²) in [7, 11) is 1.97. The van der Waals surface area contributed by atoms with Gasteiger partial charge in [-0.1, -0.05) is 18.2 Å². The molecule has 1 amide bonds. The first kappa shape index (κ1) is 18.4. The summed E-state index contributed by atoms with van der Waals surface area (Å²) in [5.41, 5.74) is 2.14. The van der Waals surface area contributed by atoms with Gasteiger partial charge in [-0.2, -0.15) is 5.10 Å². The molecule has 0 spiro atoms. The Bertz CT molecular complexity index is 639. The number of para-hydroxylation sites is 1. The second kappa shape index (κ2) is 8.82. The molecule has 0 bridgehead atoms. The van der Waals surface area contributed by atoms with Gasteiger partial charge in [0, 0.05) is 44.5 Å². The molecule has 3 rings (SSSR count). The third-order valence-electron chi connectivity index (χ3n) is 3.98. The van der Waals surface area contributed by atoms with Gasteiger partial charge in [0.25, 0.3) is 0 Å². The van der Waals surface area contributed by atoms with E-state index in [1.165, 1.54) is 0 Å². The van der Waals surface area contributed by atoms with Crippen LogP contribution in [0.4, 0.5) is 0 Å². The average molecular weight is 350 g/mol. The standard InChI is InChI=1S/C17H23N5O.ClH/c1-20(14-17(23)21-9-7-18-8-10-21)12-15-11-19-22(13-15)16-5-3-2-4-6-16;/h2-6,11,13,18H,7-10,12,14H2,1H3;1H. The van der Waals surface area contributed by atoms with Crippen LogP contribution in [0.25, 0.3) is 5.69 Å². The van der Waals surface area contributed by atoms with E-state index in [-0.39, 0.29) is 18.3 Å². The van der Waals surface area contributed by atoms with E-state index in [4.69, 9.17) is 0 Å². The lowest BCUT2D eigenvalue weighted by molar-refractivity contribution is -0.132. The minimum absolute atomic E-state index is 0. The molecule has 1 N–H and O–H groups in total. The molecule has 0 aliphatic carbocycles. The third kappa shape index (κ3) is 4.80. The predicted octanol–water partition coefficient (Wildman–Crippen LogP) is 1.16. The number of benzene rings is 1. The number of hydrogen-bond donors (Lipinski definition) is 1. The normalized spacial score (nSPS) is 14.5. The van der Waals surface area contributed by atoms with Crippen molar-refractivity contribution in [3.05, 3.63) is 48.3 Å². The zero-order valence-electron chi connectivity index (χ0n) is 13.9. The Balaban J connectivity index is 0.00000208. The number of halogens is 1. The molecule has 0 radical (unpaired) electrons. The molecule has 1 fully saturated rings. The van der Waals surface area contributed by atoms with Crippen molar-refractivity contribution in [1.29, 1.82) is 0 Å². The summed E-state index contributed by atoms with van der Waals surface area (Å²) in [5.74, 6) is 0.199. The highest BCUT2D eigenvalue weighted by atomic mass is 35.5. The van der Waals surface area contributed by atoms with Gasteiger partial charge in [-0.25, -0.2) is 4.68 Å². The molecular formula is C17H24ClN5O. The van der Waals surface area contributed by atoms with Crippen molar-refractivity contribution in [2.75, 3.05) is 39.8 Å². The molecule has 1 saturated heterocycles. The molecule has 130 valence electrons. The van der Waals surface area contributed by atoms with Gasteiger partial charge >= 0.3 is 0 Å². The van der Waals surface area contributed by atoms with E-state index in [0.29, 0.717) is 13.1 Å². The first-order valence-corrected chi connectivity index (χ1v) is 7.98. The van der Waals surface area contributed by atoms with E-state index in [0.717, 1.165) is 37.4 Å². The Labute approximate surface area is 148 Å². The second-order valence-electron chi connectivity index (χ2n) is 5.93. The van der Waals surface area contributed by atoms with Crippen molar-refractivity contribution >= 4 is 18.3 Å². The second-order valence-corrected chi connectivity index (χ2v) is 5.93. The minimum Gasteiger partial charge on any atom is -0.339 e. The predicted molar refractivity (Wildman–Crippen MR) is 96.6 cm³/mol. The first-order valence-electron chi connectivity index (χ1n) is 7.98. The van der Waals surface area contributed by atoms with E-state index in [2.05, 4.69) is 10.4 Å². The van der Waals surface area contributed by atoms with Gasteiger partial charge < -0.3 is 10.2 Å². The highest BCUT2D eigenvalue weighted by Gasteiger charge is 2.17. The van der Waals surface area contributed by atoms with Gasteiger partial charge in [0.2, 0.25) is 5.91 Å². The Morgan fingerprint density at radius 1 is 1.25 bits per heavy atom. The zero-order chi connectivity index (χ0) is 16.1. The molecule has 0 atom stereocenters. The molecule has 7 heteroatoms. The van der Waals surface area contributed by atoms with Crippen LogP contribution in [0.5, 0.6) is 0 Å². The molecule has 1 aromatic carbocycles. The molecule has 1 aromatic heterocycles. The van der Waals surface area contributed by atoms with Crippen LogP contribution in [0.2, 0.25) is 0 Å². The van der Waals surface area contributed by atoms with Crippen molar-refractivity contribution in [1.82, 2.24) is 24.9 Å². The maximum Gasteiger partial charge on any atom is 0.236 e. The van der Waals surface area contributed by atoms with Crippen LogP contribution in [-0.4, -0.2) is 65.3 Å². The van der Waals surface area contributed by atoms with E-state index in [1.807, 2.05) is 64.3 Å². The minimum atomic E-state index is 0. The number of aromatic nitrogens is 2. The molecule has 2 heterocycles. The van der Waals surface area contributed by atoms with Gasteiger partial charge in [0.15, 0.2) is 0 Å². The van der Waals surface area contributed by atoms with Crippen molar-refractivity contribution in [3.8, 4) is 5.69 Å². The SMILES string of the molecule is CN(CC(=O)N1CCNCC1)Cc1cnn(-c2ccccc2)c1.Cl. The molecule has 24 heavy (non-hydrogen) atoms. The maximum absolute atomic E-state index is 12.3. The molecule has 1 aliphatic rings. The van der Waals surface area contributed by atoms with Crippen molar-refractivity contribution < 1.29 is 4.79 Å². The number of nitrogens with zero attached hydrogens (tertiary/aromatic N) is 4. The maximum atomic E-state index is 12.3. The Kier molecular flexibility index (Phi) is 6.78. The number of rotatable bonds is 5. The van der Waals surface area contributed by atoms with E-state index < -0.39 is 0 Å². The lowest BCUT2D eigenvalue weighted by Crippen LogP contribution is -2.49. The fourth-order valence-corrected chi connectivity index (χ4v) is 2.78. The summed E-state index contributed by atoms with van der Waals surface area (Å²) in [4.78, 5) is 16.2. The third-order valence-corrected chi connectivity index (χ3v) is 3.98. The topological polar surface area (TPSA) is 53.4 Å². The van der Waals surface area contributed by atoms with Crippen molar-refractivity contribution in [3.63, 3.8) is 0 Å². The van der Waals surface area contributed by atoms with Gasteiger partial charge in [0.1, 0.15) is 0 Å². The van der Waals surface area contributed by atoms with E-state index >= 15 is 0 Å². The summed E-state index contributed by atoms with van der Waals surface area (Å²) in [6.45, 7) is 4.54. The quantitative estimate of drug-likeness (QED) is 0.880. The summed E-state index contributed by atoms with van der Waals surface area (Å²) in [6, 6.07) is 10.0. The van der Waals surface area contributed by atoms with Gasteiger partial charge in [-0.05, 0) is 19.2 Å². The molecule has 2 aromatic rings. The van der Waals surface area contributed by atoms with Gasteiger partial charge in [-0.15, -0.1) is 12.4 Å². The fraction of sp³-hybridized carbons (Fsp3) is 0.412. The number of carbonyl (C=O) groups is 1. The number of likely N-dealkylation sites (N-methyl/N-ethyl adjacent to an activating group) is 1. The average Bonchev–Trinajstić information content (AvgIpc) is 3.04. The monoisotopic (exact) mass is 349 g/mol. The molecule has 6 nitrogen and oxygen atoms in total. The van der Waals surface area contributed by atoms with Crippen LogP contribution in [0, 0.1) is 0 Å². The van der Waals surface area contributed by atoms with Crippen molar-refractivity contribution in [2.45, 2.75) is 6.54 Å². The van der Waals surface area contributed by atoms with Crippen LogP contribution >= 0.6 is 12.4 Å². The number of amides is 1. The van der Waals surface area contributed by atoms with Crippen LogP contribution in [0.3, 0.4) is 0 Å². The van der Waals surface area contributed by atoms with E-state index in [9.17, 15) is 4.79 Å². The molecule has 0 unspecified atom stereocenters. The van der Waals surface area contributed by atoms with Crippen LogP contribution in [0.1, 0.15) is 5.56 Å². The summed E-state index contributed by atoms with van der Waals surface area (Å²) in [6.07, 6.45) is 3.87. The van der Waals surface area contributed by atoms with Gasteiger partial charge in [-0.3, -0.25) is 9.69 Å². The number of nitrogens with one attached hydrogen (secondary N) is 1. The van der Waals surface area contributed by atoms with E-state index in [1.54, 1.807) is 0 Å². The largest absolute Gasteiger partial charge is 0.339 e. The highest BCUT2D eigenvalue weighted by molar-refractivity contribution is 5.85. The summed E-state index contributed by atoms with van der Waals surface area (Å²) < 4.78 is 1.86. The fourth-order valence-electron chi connectivity index (χ4n) is 2.78.